The van der Waals surface area contributed by atoms with Gasteiger partial charge in [-0.1, -0.05) is 18.2 Å². The number of alkyl halides is 3. The van der Waals surface area contributed by atoms with Crippen LogP contribution in [-0.2, 0) is 10.0 Å². The number of carbonyl (C=O) groups is 1. The maximum Gasteiger partial charge on any atom is 0.401 e. The molecular weight excluding hydrogens is 431 g/mol. The molecule has 1 heterocycles. The number of hydrogen-bond donors (Lipinski definition) is 1. The lowest BCUT2D eigenvalue weighted by Gasteiger charge is -2.23. The molecule has 1 amide bonds. The predicted octanol–water partition coefficient (Wildman–Crippen LogP) is 3.51. The second-order valence-electron chi connectivity index (χ2n) is 7.54. The summed E-state index contributed by atoms with van der Waals surface area (Å²) in [6.07, 6.45) is -3.87. The van der Waals surface area contributed by atoms with Crippen molar-refractivity contribution in [2.24, 2.45) is 0 Å². The Labute approximate surface area is 179 Å². The van der Waals surface area contributed by atoms with Gasteiger partial charge in [-0.25, -0.2) is 8.42 Å². The van der Waals surface area contributed by atoms with Crippen LogP contribution in [0.5, 0.6) is 0 Å². The van der Waals surface area contributed by atoms with E-state index in [1.54, 1.807) is 18.2 Å². The largest absolute Gasteiger partial charge is 0.401 e. The van der Waals surface area contributed by atoms with E-state index in [0.29, 0.717) is 18.7 Å². The van der Waals surface area contributed by atoms with Crippen LogP contribution in [0.15, 0.2) is 53.4 Å². The highest BCUT2D eigenvalue weighted by atomic mass is 32.2. The summed E-state index contributed by atoms with van der Waals surface area (Å²) in [7, 11) is -3.91. The van der Waals surface area contributed by atoms with Crippen LogP contribution in [-0.4, -0.2) is 63.0 Å². The maximum atomic E-state index is 12.9. The van der Waals surface area contributed by atoms with Crippen LogP contribution in [0.1, 0.15) is 22.3 Å². The van der Waals surface area contributed by atoms with Gasteiger partial charge >= 0.3 is 6.18 Å². The minimum Gasteiger partial charge on any atom is -0.337 e. The maximum absolute atomic E-state index is 12.9. The van der Waals surface area contributed by atoms with E-state index in [1.165, 1.54) is 34.1 Å². The molecule has 0 saturated carbocycles. The lowest BCUT2D eigenvalue weighted by atomic mass is 10.2. The molecule has 0 spiro atoms. The molecule has 0 aliphatic carbocycles. The molecule has 0 radical (unpaired) electrons. The zero-order valence-electron chi connectivity index (χ0n) is 17.0. The third-order valence-corrected chi connectivity index (χ3v) is 6.32. The Bertz CT molecular complexity index is 1040. The van der Waals surface area contributed by atoms with Crippen molar-refractivity contribution in [1.82, 2.24) is 9.80 Å². The van der Waals surface area contributed by atoms with Crippen molar-refractivity contribution >= 4 is 21.6 Å². The number of anilines is 1. The molecule has 6 nitrogen and oxygen atoms in total. The Morgan fingerprint density at radius 2 is 1.77 bits per heavy atom. The molecule has 1 aliphatic heterocycles. The Morgan fingerprint density at radius 3 is 2.48 bits per heavy atom. The van der Waals surface area contributed by atoms with E-state index in [2.05, 4.69) is 4.72 Å². The molecule has 0 unspecified atom stereocenters. The molecule has 0 atom stereocenters. The van der Waals surface area contributed by atoms with Crippen molar-refractivity contribution in [3.8, 4) is 0 Å². The van der Waals surface area contributed by atoms with Gasteiger partial charge < -0.3 is 4.90 Å². The molecule has 1 N–H and O–H groups in total. The molecule has 10 heteroatoms. The highest BCUT2D eigenvalue weighted by molar-refractivity contribution is 7.92. The number of benzene rings is 2. The number of hydrogen-bond acceptors (Lipinski definition) is 4. The fraction of sp³-hybridized carbons (Fsp3) is 0.381. The van der Waals surface area contributed by atoms with Crippen molar-refractivity contribution < 1.29 is 26.4 Å². The Kier molecular flexibility index (Phi) is 6.90. The van der Waals surface area contributed by atoms with E-state index in [4.69, 9.17) is 0 Å². The molecule has 2 aromatic carbocycles. The van der Waals surface area contributed by atoms with Crippen LogP contribution in [0.25, 0.3) is 0 Å². The van der Waals surface area contributed by atoms with Gasteiger partial charge in [-0.3, -0.25) is 14.4 Å². The van der Waals surface area contributed by atoms with E-state index < -0.39 is 28.7 Å². The van der Waals surface area contributed by atoms with Gasteiger partial charge in [-0.05, 0) is 49.2 Å². The number of carbonyl (C=O) groups excluding carboxylic acids is 1. The standard InChI is InChI=1S/C21H24F3N3O3S/c1-16-5-2-7-18(13-16)25-31(29,30)19-8-3-6-17(14-19)20(28)27-10-4-9-26(11-12-27)15-21(22,23)24/h2-3,5-8,13-14,25H,4,9-12,15H2,1H3. The molecule has 1 fully saturated rings. The lowest BCUT2D eigenvalue weighted by Crippen LogP contribution is -2.38. The molecule has 1 aliphatic rings. The van der Waals surface area contributed by atoms with E-state index >= 15 is 0 Å². The molecule has 0 aromatic heterocycles. The van der Waals surface area contributed by atoms with Gasteiger partial charge in [0, 0.05) is 37.4 Å². The summed E-state index contributed by atoms with van der Waals surface area (Å²) in [5.41, 5.74) is 1.48. The third kappa shape index (κ3) is 6.44. The smallest absolute Gasteiger partial charge is 0.337 e. The summed E-state index contributed by atoms with van der Waals surface area (Å²) in [5.74, 6) is -0.401. The van der Waals surface area contributed by atoms with Gasteiger partial charge in [0.1, 0.15) is 0 Å². The average molecular weight is 456 g/mol. The monoisotopic (exact) mass is 455 g/mol. The quantitative estimate of drug-likeness (QED) is 0.749. The number of aryl methyl sites for hydroxylation is 1. The Hall–Kier alpha value is -2.59. The SMILES string of the molecule is Cc1cccc(NS(=O)(=O)c2cccc(C(=O)N3CCCN(CC(F)(F)F)CC3)c2)c1. The summed E-state index contributed by atoms with van der Waals surface area (Å²) in [4.78, 5) is 15.6. The average Bonchev–Trinajstić information content (AvgIpc) is 2.91. The Morgan fingerprint density at radius 1 is 1.03 bits per heavy atom. The first-order valence-corrected chi connectivity index (χ1v) is 11.3. The van der Waals surface area contributed by atoms with Crippen LogP contribution < -0.4 is 4.72 Å². The molecular formula is C21H24F3N3O3S. The van der Waals surface area contributed by atoms with Crippen LogP contribution >= 0.6 is 0 Å². The van der Waals surface area contributed by atoms with Gasteiger partial charge in [-0.2, -0.15) is 13.2 Å². The molecule has 3 rings (SSSR count). The predicted molar refractivity (Wildman–Crippen MR) is 111 cm³/mol. The van der Waals surface area contributed by atoms with Crippen LogP contribution in [0.2, 0.25) is 0 Å². The summed E-state index contributed by atoms with van der Waals surface area (Å²) < 4.78 is 65.9. The normalized spacial score (nSPS) is 16.1. The summed E-state index contributed by atoms with van der Waals surface area (Å²) in [5, 5.41) is 0. The van der Waals surface area contributed by atoms with Crippen LogP contribution in [0.3, 0.4) is 0 Å². The summed E-state index contributed by atoms with van der Waals surface area (Å²) in [6, 6.07) is 12.6. The number of nitrogens with one attached hydrogen (secondary N) is 1. The van der Waals surface area contributed by atoms with E-state index in [1.807, 2.05) is 13.0 Å². The fourth-order valence-electron chi connectivity index (χ4n) is 3.49. The zero-order chi connectivity index (χ0) is 22.6. The number of rotatable bonds is 5. The third-order valence-electron chi connectivity index (χ3n) is 4.94. The fourth-order valence-corrected chi connectivity index (χ4v) is 4.58. The minimum atomic E-state index is -4.29. The number of halogens is 3. The molecule has 0 bridgehead atoms. The molecule has 31 heavy (non-hydrogen) atoms. The van der Waals surface area contributed by atoms with E-state index in [9.17, 15) is 26.4 Å². The lowest BCUT2D eigenvalue weighted by molar-refractivity contribution is -0.145. The number of sulfonamides is 1. The van der Waals surface area contributed by atoms with Crippen molar-refractivity contribution in [2.45, 2.75) is 24.4 Å². The highest BCUT2D eigenvalue weighted by Crippen LogP contribution is 2.20. The first-order valence-electron chi connectivity index (χ1n) is 9.81. The minimum absolute atomic E-state index is 0.0617. The zero-order valence-corrected chi connectivity index (χ0v) is 17.8. The van der Waals surface area contributed by atoms with Crippen molar-refractivity contribution in [3.05, 3.63) is 59.7 Å². The first kappa shape index (κ1) is 23.1. The van der Waals surface area contributed by atoms with Crippen molar-refractivity contribution in [1.29, 1.82) is 0 Å². The van der Waals surface area contributed by atoms with Gasteiger partial charge in [0.2, 0.25) is 0 Å². The topological polar surface area (TPSA) is 69.7 Å². The Balaban J connectivity index is 1.72. The number of amides is 1. The first-order chi connectivity index (χ1) is 14.5. The second kappa shape index (κ2) is 9.27. The van der Waals surface area contributed by atoms with Crippen LogP contribution in [0, 0.1) is 6.92 Å². The van der Waals surface area contributed by atoms with Gasteiger partial charge in [0.25, 0.3) is 15.9 Å². The van der Waals surface area contributed by atoms with Gasteiger partial charge in [-0.15, -0.1) is 0 Å². The van der Waals surface area contributed by atoms with E-state index in [-0.39, 0.29) is 30.1 Å². The van der Waals surface area contributed by atoms with Crippen molar-refractivity contribution in [3.63, 3.8) is 0 Å². The summed E-state index contributed by atoms with van der Waals surface area (Å²) >= 11 is 0. The highest BCUT2D eigenvalue weighted by Gasteiger charge is 2.32. The summed E-state index contributed by atoms with van der Waals surface area (Å²) in [6.45, 7) is 1.65. The molecule has 168 valence electrons. The van der Waals surface area contributed by atoms with Gasteiger partial charge in [0.05, 0.1) is 11.4 Å². The second-order valence-corrected chi connectivity index (χ2v) is 9.22. The van der Waals surface area contributed by atoms with Crippen molar-refractivity contribution in [2.75, 3.05) is 37.4 Å². The van der Waals surface area contributed by atoms with E-state index in [0.717, 1.165) is 5.56 Å². The molecule has 2 aromatic rings. The van der Waals surface area contributed by atoms with Crippen LogP contribution in [0.4, 0.5) is 18.9 Å². The number of nitrogens with zero attached hydrogens (tertiary/aromatic N) is 2. The van der Waals surface area contributed by atoms with Gasteiger partial charge in [0.15, 0.2) is 0 Å². The molecule has 1 saturated heterocycles.